The average Bonchev–Trinajstić information content (AvgIpc) is 2.75. The van der Waals surface area contributed by atoms with E-state index < -0.39 is 0 Å². The summed E-state index contributed by atoms with van der Waals surface area (Å²) in [6.45, 7) is 1.99. The number of hydrogen-bond donors (Lipinski definition) is 1. The number of methoxy groups -OCH3 is 1. The quantitative estimate of drug-likeness (QED) is 0.812. The van der Waals surface area contributed by atoms with E-state index in [0.29, 0.717) is 6.42 Å². The highest BCUT2D eigenvalue weighted by Gasteiger charge is 2.13. The molecule has 1 aliphatic rings. The van der Waals surface area contributed by atoms with Crippen LogP contribution in [-0.4, -0.2) is 19.1 Å². The maximum atomic E-state index is 11.1. The summed E-state index contributed by atoms with van der Waals surface area (Å²) in [4.78, 5) is 11.1. The summed E-state index contributed by atoms with van der Waals surface area (Å²) in [6.07, 6.45) is 4.04. The number of benzene rings is 1. The third kappa shape index (κ3) is 2.99. The Hall–Kier alpha value is -1.51. The summed E-state index contributed by atoms with van der Waals surface area (Å²) in [6, 6.07) is 6.59. The van der Waals surface area contributed by atoms with Crippen LogP contribution < -0.4 is 5.32 Å². The number of nitrogens with one attached hydrogen (secondary N) is 1. The molecular weight excluding hydrogens is 214 g/mol. The molecule has 1 atom stereocenters. The largest absolute Gasteiger partial charge is 0.469 e. The van der Waals surface area contributed by atoms with Crippen molar-refractivity contribution in [2.45, 2.75) is 38.6 Å². The fourth-order valence-electron chi connectivity index (χ4n) is 2.33. The van der Waals surface area contributed by atoms with Gasteiger partial charge in [0.05, 0.1) is 13.5 Å². The number of fused-ring (bicyclic) bond motifs is 1. The van der Waals surface area contributed by atoms with Crippen LogP contribution in [0.5, 0.6) is 0 Å². The molecule has 2 rings (SSSR count). The van der Waals surface area contributed by atoms with E-state index in [2.05, 4.69) is 28.3 Å². The summed E-state index contributed by atoms with van der Waals surface area (Å²) >= 11 is 0. The van der Waals surface area contributed by atoms with Gasteiger partial charge >= 0.3 is 5.97 Å². The van der Waals surface area contributed by atoms with E-state index >= 15 is 0 Å². The second kappa shape index (κ2) is 5.21. The Labute approximate surface area is 102 Å². The lowest BCUT2D eigenvalue weighted by atomic mass is 10.1. The van der Waals surface area contributed by atoms with Crippen molar-refractivity contribution in [3.05, 3.63) is 29.3 Å². The third-order valence-corrected chi connectivity index (χ3v) is 3.21. The van der Waals surface area contributed by atoms with Crippen LogP contribution in [0.2, 0.25) is 0 Å². The maximum Gasteiger partial charge on any atom is 0.307 e. The summed E-state index contributed by atoms with van der Waals surface area (Å²) < 4.78 is 4.65. The first kappa shape index (κ1) is 12.0. The Morgan fingerprint density at radius 2 is 2.18 bits per heavy atom. The van der Waals surface area contributed by atoms with Crippen LogP contribution in [0.4, 0.5) is 5.69 Å². The minimum Gasteiger partial charge on any atom is -0.469 e. The van der Waals surface area contributed by atoms with Crippen LogP contribution >= 0.6 is 0 Å². The van der Waals surface area contributed by atoms with Gasteiger partial charge in [0, 0.05) is 11.7 Å². The van der Waals surface area contributed by atoms with E-state index in [1.54, 1.807) is 0 Å². The molecule has 0 fully saturated rings. The Balaban J connectivity index is 1.97. The van der Waals surface area contributed by atoms with Crippen molar-refractivity contribution in [1.82, 2.24) is 0 Å². The van der Waals surface area contributed by atoms with Gasteiger partial charge in [-0.15, -0.1) is 0 Å². The lowest BCUT2D eigenvalue weighted by molar-refractivity contribution is -0.140. The van der Waals surface area contributed by atoms with Crippen molar-refractivity contribution >= 4 is 11.7 Å². The summed E-state index contributed by atoms with van der Waals surface area (Å²) in [5.41, 5.74) is 4.01. The number of rotatable bonds is 4. The van der Waals surface area contributed by atoms with E-state index in [9.17, 15) is 4.79 Å². The van der Waals surface area contributed by atoms with Crippen LogP contribution in [0.3, 0.4) is 0 Å². The molecular formula is C14H19NO2. The zero-order valence-electron chi connectivity index (χ0n) is 10.5. The van der Waals surface area contributed by atoms with Gasteiger partial charge in [-0.05, 0) is 49.4 Å². The van der Waals surface area contributed by atoms with Crippen LogP contribution in [0, 0.1) is 0 Å². The molecule has 0 amide bonds. The molecule has 1 N–H and O–H groups in total. The topological polar surface area (TPSA) is 38.3 Å². The van der Waals surface area contributed by atoms with Gasteiger partial charge in [0.2, 0.25) is 0 Å². The van der Waals surface area contributed by atoms with E-state index in [4.69, 9.17) is 0 Å². The van der Waals surface area contributed by atoms with Crippen LogP contribution in [0.15, 0.2) is 18.2 Å². The Morgan fingerprint density at radius 3 is 2.94 bits per heavy atom. The second-order valence-electron chi connectivity index (χ2n) is 4.66. The highest BCUT2D eigenvalue weighted by Crippen LogP contribution is 2.25. The predicted molar refractivity (Wildman–Crippen MR) is 68.2 cm³/mol. The Bertz CT molecular complexity index is 415. The van der Waals surface area contributed by atoms with Gasteiger partial charge in [-0.3, -0.25) is 4.79 Å². The molecule has 92 valence electrons. The number of esters is 1. The molecule has 0 spiro atoms. The molecule has 1 aromatic carbocycles. The minimum atomic E-state index is -0.175. The van der Waals surface area contributed by atoms with E-state index in [-0.39, 0.29) is 12.0 Å². The average molecular weight is 233 g/mol. The van der Waals surface area contributed by atoms with Crippen molar-refractivity contribution in [2.24, 2.45) is 0 Å². The SMILES string of the molecule is COC(=O)CC(C)Nc1ccc2c(c1)CCC2. The molecule has 1 unspecified atom stereocenters. The van der Waals surface area contributed by atoms with Gasteiger partial charge in [0.15, 0.2) is 0 Å². The van der Waals surface area contributed by atoms with Crippen molar-refractivity contribution in [2.75, 3.05) is 12.4 Å². The van der Waals surface area contributed by atoms with Crippen LogP contribution in [0.1, 0.15) is 30.9 Å². The molecule has 0 aromatic heterocycles. The van der Waals surface area contributed by atoms with Crippen LogP contribution in [-0.2, 0) is 22.4 Å². The minimum absolute atomic E-state index is 0.0990. The molecule has 17 heavy (non-hydrogen) atoms. The first-order valence-electron chi connectivity index (χ1n) is 6.14. The van der Waals surface area contributed by atoms with Gasteiger partial charge in [0.1, 0.15) is 0 Å². The van der Waals surface area contributed by atoms with E-state index in [1.807, 2.05) is 6.92 Å². The van der Waals surface area contributed by atoms with Crippen molar-refractivity contribution in [1.29, 1.82) is 0 Å². The van der Waals surface area contributed by atoms with Crippen molar-refractivity contribution < 1.29 is 9.53 Å². The Morgan fingerprint density at radius 1 is 1.41 bits per heavy atom. The first-order chi connectivity index (χ1) is 8.19. The number of ether oxygens (including phenoxy) is 1. The number of aryl methyl sites for hydroxylation is 2. The highest BCUT2D eigenvalue weighted by atomic mass is 16.5. The molecule has 0 radical (unpaired) electrons. The molecule has 1 aromatic rings. The van der Waals surface area contributed by atoms with Crippen molar-refractivity contribution in [3.63, 3.8) is 0 Å². The zero-order valence-corrected chi connectivity index (χ0v) is 10.5. The molecule has 1 aliphatic carbocycles. The highest BCUT2D eigenvalue weighted by molar-refractivity contribution is 5.70. The molecule has 0 saturated heterocycles. The normalized spacial score (nSPS) is 15.2. The molecule has 0 aliphatic heterocycles. The van der Waals surface area contributed by atoms with E-state index in [0.717, 1.165) is 5.69 Å². The number of anilines is 1. The molecule has 3 heteroatoms. The van der Waals surface area contributed by atoms with Crippen molar-refractivity contribution in [3.8, 4) is 0 Å². The molecule has 0 bridgehead atoms. The standard InChI is InChI=1S/C14H19NO2/c1-10(8-14(16)17-2)15-13-7-6-11-4-3-5-12(11)9-13/h6-7,9-10,15H,3-5,8H2,1-2H3. The van der Waals surface area contributed by atoms with Gasteiger partial charge in [-0.2, -0.15) is 0 Å². The van der Waals surface area contributed by atoms with E-state index in [1.165, 1.54) is 37.5 Å². The van der Waals surface area contributed by atoms with Gasteiger partial charge in [0.25, 0.3) is 0 Å². The van der Waals surface area contributed by atoms with Gasteiger partial charge in [-0.1, -0.05) is 6.07 Å². The number of carbonyl (C=O) groups is 1. The summed E-state index contributed by atoms with van der Waals surface area (Å²) in [5.74, 6) is -0.175. The first-order valence-corrected chi connectivity index (χ1v) is 6.14. The fourth-order valence-corrected chi connectivity index (χ4v) is 2.33. The smallest absolute Gasteiger partial charge is 0.307 e. The monoisotopic (exact) mass is 233 g/mol. The lowest BCUT2D eigenvalue weighted by Gasteiger charge is -2.14. The Kier molecular flexibility index (Phi) is 3.67. The molecule has 0 saturated carbocycles. The van der Waals surface area contributed by atoms with Crippen LogP contribution in [0.25, 0.3) is 0 Å². The zero-order chi connectivity index (χ0) is 12.3. The van der Waals surface area contributed by atoms with Gasteiger partial charge in [-0.25, -0.2) is 0 Å². The molecule has 3 nitrogen and oxygen atoms in total. The van der Waals surface area contributed by atoms with Gasteiger partial charge < -0.3 is 10.1 Å². The fraction of sp³-hybridized carbons (Fsp3) is 0.500. The number of carbonyl (C=O) groups excluding carboxylic acids is 1. The number of hydrogen-bond acceptors (Lipinski definition) is 3. The summed E-state index contributed by atoms with van der Waals surface area (Å²) in [7, 11) is 1.42. The second-order valence-corrected chi connectivity index (χ2v) is 4.66. The maximum absolute atomic E-state index is 11.1. The lowest BCUT2D eigenvalue weighted by Crippen LogP contribution is -2.20. The third-order valence-electron chi connectivity index (χ3n) is 3.21. The molecule has 0 heterocycles. The predicted octanol–water partition coefficient (Wildman–Crippen LogP) is 2.54. The summed E-state index contributed by atoms with van der Waals surface area (Å²) in [5, 5.41) is 3.34.